The zero-order valence-corrected chi connectivity index (χ0v) is 12.9. The highest BCUT2D eigenvalue weighted by Gasteiger charge is 2.24. The van der Waals surface area contributed by atoms with Crippen LogP contribution in [0.3, 0.4) is 0 Å². The van der Waals surface area contributed by atoms with Gasteiger partial charge in [0.1, 0.15) is 6.10 Å². The van der Waals surface area contributed by atoms with E-state index in [-0.39, 0.29) is 6.04 Å². The predicted octanol–water partition coefficient (Wildman–Crippen LogP) is 1.97. The minimum Gasteiger partial charge on any atom is -0.382 e. The topological polar surface area (TPSA) is 75.3 Å². The monoisotopic (exact) mass is 290 g/mol. The van der Waals surface area contributed by atoms with Gasteiger partial charge in [-0.1, -0.05) is 44.1 Å². The third-order valence-corrected chi connectivity index (χ3v) is 3.44. The molecule has 0 bridgehead atoms. The number of nitrogens with one attached hydrogen (secondary N) is 1. The van der Waals surface area contributed by atoms with Crippen LogP contribution in [0.2, 0.25) is 0 Å². The Morgan fingerprint density at radius 2 is 2.29 bits per heavy atom. The minimum atomic E-state index is -1.17. The molecule has 116 valence electrons. The van der Waals surface area contributed by atoms with Crippen LogP contribution in [0.15, 0.2) is 41.7 Å². The number of carbonyl (C=O) groups is 1. The normalized spacial score (nSPS) is 21.4. The number of hydrogen-bond acceptors (Lipinski definition) is 3. The Kier molecular flexibility index (Phi) is 7.76. The van der Waals surface area contributed by atoms with E-state index in [4.69, 9.17) is 5.73 Å². The molecule has 4 heteroatoms. The van der Waals surface area contributed by atoms with Crippen molar-refractivity contribution in [2.75, 3.05) is 0 Å². The fourth-order valence-electron chi connectivity index (χ4n) is 2.05. The van der Waals surface area contributed by atoms with E-state index >= 15 is 0 Å². The van der Waals surface area contributed by atoms with E-state index in [1.54, 1.807) is 0 Å². The summed E-state index contributed by atoms with van der Waals surface area (Å²) >= 11 is 0. The lowest BCUT2D eigenvalue weighted by Crippen LogP contribution is -2.48. The lowest BCUT2D eigenvalue weighted by atomic mass is 10.0. The summed E-state index contributed by atoms with van der Waals surface area (Å²) in [6.07, 6.45) is 12.0. The third-order valence-electron chi connectivity index (χ3n) is 3.44. The van der Waals surface area contributed by atoms with Gasteiger partial charge in [-0.25, -0.2) is 0 Å². The minimum absolute atomic E-state index is 0.218. The van der Waals surface area contributed by atoms with E-state index in [1.165, 1.54) is 0 Å². The molecule has 0 aromatic carbocycles. The number of aliphatic hydroxyl groups excluding tert-OH is 1. The molecule has 0 fully saturated rings. The Morgan fingerprint density at radius 3 is 3.00 bits per heavy atom. The van der Waals surface area contributed by atoms with Gasteiger partial charge >= 0.3 is 0 Å². The average Bonchev–Trinajstić information content (AvgIpc) is 2.43. The van der Waals surface area contributed by atoms with Gasteiger partial charge in [0.15, 0.2) is 0 Å². The van der Waals surface area contributed by atoms with Gasteiger partial charge in [-0.05, 0) is 25.8 Å². The summed E-state index contributed by atoms with van der Waals surface area (Å²) < 4.78 is 0. The van der Waals surface area contributed by atoms with E-state index in [2.05, 4.69) is 18.0 Å². The first kappa shape index (κ1) is 17.4. The van der Waals surface area contributed by atoms with Crippen LogP contribution in [0.5, 0.6) is 0 Å². The van der Waals surface area contributed by atoms with Crippen molar-refractivity contribution in [1.82, 2.24) is 5.32 Å². The van der Waals surface area contributed by atoms with Gasteiger partial charge in [-0.15, -0.1) is 5.73 Å². The number of allylic oxidation sites excluding steroid dienone is 3. The Bertz CT molecular complexity index is 459. The number of hydrogen-bond donors (Lipinski definition) is 3. The van der Waals surface area contributed by atoms with E-state index in [1.807, 2.05) is 37.3 Å². The van der Waals surface area contributed by atoms with Crippen LogP contribution >= 0.6 is 0 Å². The van der Waals surface area contributed by atoms with Crippen LogP contribution in [0.1, 0.15) is 39.5 Å². The maximum Gasteiger partial charge on any atom is 0.250 e. The van der Waals surface area contributed by atoms with Crippen molar-refractivity contribution in [2.45, 2.75) is 57.7 Å². The second-order valence-corrected chi connectivity index (χ2v) is 5.31. The van der Waals surface area contributed by atoms with Crippen molar-refractivity contribution in [2.24, 2.45) is 5.73 Å². The number of rotatable bonds is 7. The van der Waals surface area contributed by atoms with E-state index < -0.39 is 18.1 Å². The summed E-state index contributed by atoms with van der Waals surface area (Å²) in [5, 5.41) is 12.7. The van der Waals surface area contributed by atoms with Gasteiger partial charge in [0.05, 0.1) is 6.04 Å². The van der Waals surface area contributed by atoms with Gasteiger partial charge in [-0.3, -0.25) is 4.79 Å². The van der Waals surface area contributed by atoms with Crippen molar-refractivity contribution in [3.63, 3.8) is 0 Å². The van der Waals surface area contributed by atoms with Gasteiger partial charge in [0.25, 0.3) is 5.91 Å². The molecule has 0 saturated carbocycles. The third kappa shape index (κ3) is 6.13. The molecule has 2 unspecified atom stereocenters. The molecule has 1 aliphatic carbocycles. The lowest BCUT2D eigenvalue weighted by Gasteiger charge is -2.21. The highest BCUT2D eigenvalue weighted by molar-refractivity contribution is 5.82. The molecule has 4 nitrogen and oxygen atoms in total. The summed E-state index contributed by atoms with van der Waals surface area (Å²) in [4.78, 5) is 12.0. The molecule has 0 radical (unpaired) electrons. The second-order valence-electron chi connectivity index (χ2n) is 5.31. The Labute approximate surface area is 127 Å². The molecule has 1 aliphatic rings. The van der Waals surface area contributed by atoms with Gasteiger partial charge < -0.3 is 16.2 Å². The van der Waals surface area contributed by atoms with Crippen LogP contribution in [-0.4, -0.2) is 29.2 Å². The smallest absolute Gasteiger partial charge is 0.250 e. The van der Waals surface area contributed by atoms with Gasteiger partial charge in [0.2, 0.25) is 0 Å². The number of nitrogens with two attached hydrogens (primary N) is 1. The van der Waals surface area contributed by atoms with E-state index in [0.29, 0.717) is 6.42 Å². The molecule has 1 rings (SSSR count). The lowest BCUT2D eigenvalue weighted by molar-refractivity contribution is -0.130. The molecule has 1 amide bonds. The standard InChI is InChI=1S/C17H26N2O2/c1-3-4-12-15(18)16(20)17(21)19-13(2)14-10-8-6-5-7-9-11-14/h5-6,8-9,11,13,15-16,20H,3-4,7,12,18H2,1-2H3,(H,19,21)/b6-5-,11-9-/t10?,13-,15?,16?/m0/s1. The number of aliphatic hydroxyl groups is 1. The average molecular weight is 290 g/mol. The summed E-state index contributed by atoms with van der Waals surface area (Å²) in [5.41, 5.74) is 9.84. The highest BCUT2D eigenvalue weighted by Crippen LogP contribution is 2.08. The van der Waals surface area contributed by atoms with Crippen molar-refractivity contribution in [3.8, 4) is 0 Å². The fourth-order valence-corrected chi connectivity index (χ4v) is 2.05. The molecule has 21 heavy (non-hydrogen) atoms. The molecular weight excluding hydrogens is 264 g/mol. The summed E-state index contributed by atoms with van der Waals surface area (Å²) in [6, 6.07) is -0.734. The van der Waals surface area contributed by atoms with Crippen LogP contribution in [0.25, 0.3) is 0 Å². The Morgan fingerprint density at radius 1 is 1.52 bits per heavy atom. The first-order valence-corrected chi connectivity index (χ1v) is 7.58. The molecule has 0 saturated heterocycles. The van der Waals surface area contributed by atoms with Crippen molar-refractivity contribution in [3.05, 3.63) is 41.7 Å². The molecule has 0 aromatic rings. The largest absolute Gasteiger partial charge is 0.382 e. The summed E-state index contributed by atoms with van der Waals surface area (Å²) in [6.45, 7) is 3.92. The quantitative estimate of drug-likeness (QED) is 0.627. The SMILES string of the molecule is CCCCC(N)C(O)C(=O)N[C@@H](C)C1=C=C/C=C\C/C=C\1. The van der Waals surface area contributed by atoms with E-state index in [9.17, 15) is 9.90 Å². The number of amides is 1. The Hall–Kier alpha value is -1.61. The van der Waals surface area contributed by atoms with Crippen molar-refractivity contribution in [1.29, 1.82) is 0 Å². The molecule has 4 N–H and O–H groups in total. The van der Waals surface area contributed by atoms with E-state index in [0.717, 1.165) is 24.8 Å². The zero-order chi connectivity index (χ0) is 15.7. The van der Waals surface area contributed by atoms with Crippen LogP contribution in [0.4, 0.5) is 0 Å². The van der Waals surface area contributed by atoms with Crippen LogP contribution < -0.4 is 11.1 Å². The number of carbonyl (C=O) groups excluding carboxylic acids is 1. The summed E-state index contributed by atoms with van der Waals surface area (Å²) in [5.74, 6) is -0.425. The predicted molar refractivity (Wildman–Crippen MR) is 85.6 cm³/mol. The second kappa shape index (κ2) is 9.35. The van der Waals surface area contributed by atoms with Crippen LogP contribution in [0, 0.1) is 0 Å². The van der Waals surface area contributed by atoms with Crippen molar-refractivity contribution >= 4 is 5.91 Å². The van der Waals surface area contributed by atoms with Gasteiger partial charge in [-0.2, -0.15) is 0 Å². The molecule has 0 spiro atoms. The first-order chi connectivity index (χ1) is 10.1. The molecule has 3 atom stereocenters. The van der Waals surface area contributed by atoms with Crippen molar-refractivity contribution < 1.29 is 9.90 Å². The molecule has 0 aromatic heterocycles. The maximum atomic E-state index is 12.0. The fraction of sp³-hybridized carbons (Fsp3) is 0.529. The summed E-state index contributed by atoms with van der Waals surface area (Å²) in [7, 11) is 0. The molecular formula is C17H26N2O2. The number of unbranched alkanes of at least 4 members (excludes halogenated alkanes) is 1. The zero-order valence-electron chi connectivity index (χ0n) is 12.9. The highest BCUT2D eigenvalue weighted by atomic mass is 16.3. The molecule has 0 heterocycles. The van der Waals surface area contributed by atoms with Gasteiger partial charge in [0, 0.05) is 11.6 Å². The first-order valence-electron chi connectivity index (χ1n) is 7.58. The Balaban J connectivity index is 2.60. The maximum absolute atomic E-state index is 12.0. The molecule has 0 aliphatic heterocycles. The van der Waals surface area contributed by atoms with Crippen LogP contribution in [-0.2, 0) is 4.79 Å².